The molecule has 96 valence electrons. The fourth-order valence-electron chi connectivity index (χ4n) is 0.822. The molecule has 0 bridgehead atoms. The summed E-state index contributed by atoms with van der Waals surface area (Å²) in [6, 6.07) is 0. The van der Waals surface area contributed by atoms with Crippen molar-refractivity contribution in [3.63, 3.8) is 0 Å². The summed E-state index contributed by atoms with van der Waals surface area (Å²) in [5.74, 6) is 0.383. The number of rotatable bonds is 8. The van der Waals surface area contributed by atoms with Crippen LogP contribution in [-0.2, 0) is 0 Å². The molecule has 0 aromatic heterocycles. The molecular formula is C8H20Cl2N6. The largest absolute Gasteiger partial charge is 0.388 e. The molecule has 0 aromatic rings. The first-order valence-electron chi connectivity index (χ1n) is 4.62. The van der Waals surface area contributed by atoms with E-state index in [0.717, 1.165) is 12.8 Å². The van der Waals surface area contributed by atoms with E-state index >= 15 is 0 Å². The van der Waals surface area contributed by atoms with E-state index in [9.17, 15) is 0 Å². The monoisotopic (exact) mass is 270 g/mol. The zero-order valence-electron chi connectivity index (χ0n) is 9.11. The minimum absolute atomic E-state index is 0. The number of hydrogen-bond donors (Lipinski definition) is 4. The smallest absolute Gasteiger partial charge is 0.0906 e. The predicted molar refractivity (Wildman–Crippen MR) is 71.4 cm³/mol. The van der Waals surface area contributed by atoms with E-state index in [4.69, 9.17) is 22.3 Å². The summed E-state index contributed by atoms with van der Waals surface area (Å²) in [5.41, 5.74) is 10.3. The minimum Gasteiger partial charge on any atom is -0.388 e. The van der Waals surface area contributed by atoms with Crippen molar-refractivity contribution in [2.45, 2.75) is 25.7 Å². The third kappa shape index (κ3) is 18.8. The molecule has 0 atom stereocenters. The third-order valence-corrected chi connectivity index (χ3v) is 1.51. The summed E-state index contributed by atoms with van der Waals surface area (Å²) in [6.07, 6.45) is 2.69. The fourth-order valence-corrected chi connectivity index (χ4v) is 0.822. The minimum atomic E-state index is 0. The van der Waals surface area contributed by atoms with Crippen molar-refractivity contribution in [3.8, 4) is 0 Å². The molecule has 0 aliphatic heterocycles. The number of nitrogens with zero attached hydrogens (tertiary/aromatic N) is 2. The summed E-state index contributed by atoms with van der Waals surface area (Å²) in [7, 11) is 0. The second kappa shape index (κ2) is 14.1. The van der Waals surface area contributed by atoms with E-state index in [1.54, 1.807) is 0 Å². The molecule has 0 saturated heterocycles. The van der Waals surface area contributed by atoms with Crippen LogP contribution in [-0.4, -0.2) is 24.8 Å². The van der Waals surface area contributed by atoms with Gasteiger partial charge in [0.1, 0.15) is 0 Å². The van der Waals surface area contributed by atoms with Crippen LogP contribution in [0.3, 0.4) is 0 Å². The molecule has 0 aliphatic carbocycles. The van der Waals surface area contributed by atoms with Gasteiger partial charge in [0.15, 0.2) is 0 Å². The lowest BCUT2D eigenvalue weighted by Gasteiger charge is -1.94. The number of nitrogens with one attached hydrogen (secondary N) is 2. The first-order chi connectivity index (χ1) is 6.63. The zero-order valence-corrected chi connectivity index (χ0v) is 10.7. The fraction of sp³-hybridized carbons (Fsp3) is 0.750. The Balaban J connectivity index is -0.000000845. The average Bonchev–Trinajstić information content (AvgIpc) is 2.08. The Morgan fingerprint density at radius 1 is 0.812 bits per heavy atom. The van der Waals surface area contributed by atoms with E-state index in [1.165, 1.54) is 0 Å². The molecule has 0 radical (unpaired) electrons. The van der Waals surface area contributed by atoms with Gasteiger partial charge in [-0.3, -0.25) is 10.8 Å². The van der Waals surface area contributed by atoms with Crippen LogP contribution >= 0.6 is 24.8 Å². The standard InChI is InChI=1S/C8H18N6.2ClH/c9-7(10)3-1-5-13-14-6-2-4-8(11)12;;/h1-6H2,(H3,9,10)(H3,11,12);2*1H. The van der Waals surface area contributed by atoms with Crippen molar-refractivity contribution >= 4 is 36.5 Å². The Kier molecular flexibility index (Phi) is 18.1. The summed E-state index contributed by atoms with van der Waals surface area (Å²) >= 11 is 0. The molecule has 16 heavy (non-hydrogen) atoms. The third-order valence-electron chi connectivity index (χ3n) is 1.51. The molecular weight excluding hydrogens is 251 g/mol. The molecule has 0 saturated carbocycles. The molecule has 0 fully saturated rings. The predicted octanol–water partition coefficient (Wildman–Crippen LogP) is 1.71. The quantitative estimate of drug-likeness (QED) is 0.232. The number of nitrogens with two attached hydrogens (primary N) is 2. The number of hydrogen-bond acceptors (Lipinski definition) is 4. The first-order valence-corrected chi connectivity index (χ1v) is 4.62. The number of azo groups is 1. The normalized spacial score (nSPS) is 9.25. The van der Waals surface area contributed by atoms with Crippen molar-refractivity contribution < 1.29 is 0 Å². The van der Waals surface area contributed by atoms with Gasteiger partial charge in [-0.15, -0.1) is 24.8 Å². The second-order valence-electron chi connectivity index (χ2n) is 2.99. The van der Waals surface area contributed by atoms with Crippen LogP contribution in [0.25, 0.3) is 0 Å². The van der Waals surface area contributed by atoms with Crippen LogP contribution in [0.5, 0.6) is 0 Å². The van der Waals surface area contributed by atoms with Crippen molar-refractivity contribution in [1.82, 2.24) is 0 Å². The van der Waals surface area contributed by atoms with Crippen molar-refractivity contribution in [2.75, 3.05) is 13.1 Å². The van der Waals surface area contributed by atoms with E-state index in [-0.39, 0.29) is 36.5 Å². The number of halogens is 2. The Morgan fingerprint density at radius 2 is 1.12 bits per heavy atom. The van der Waals surface area contributed by atoms with Crippen molar-refractivity contribution in [3.05, 3.63) is 0 Å². The lowest BCUT2D eigenvalue weighted by Crippen LogP contribution is -2.09. The van der Waals surface area contributed by atoms with Gasteiger partial charge in [0.05, 0.1) is 24.8 Å². The van der Waals surface area contributed by atoms with Crippen LogP contribution in [0.15, 0.2) is 10.2 Å². The van der Waals surface area contributed by atoms with Gasteiger partial charge in [0.2, 0.25) is 0 Å². The molecule has 0 aromatic carbocycles. The topological polar surface area (TPSA) is 124 Å². The maximum atomic E-state index is 6.96. The summed E-state index contributed by atoms with van der Waals surface area (Å²) in [5, 5.41) is 21.7. The van der Waals surface area contributed by atoms with Gasteiger partial charge < -0.3 is 11.5 Å². The van der Waals surface area contributed by atoms with Gasteiger partial charge in [-0.1, -0.05) is 0 Å². The molecule has 0 heterocycles. The lowest BCUT2D eigenvalue weighted by atomic mass is 10.3. The van der Waals surface area contributed by atoms with Gasteiger partial charge in [-0.25, -0.2) is 0 Å². The van der Waals surface area contributed by atoms with E-state index in [1.807, 2.05) is 0 Å². The highest BCUT2D eigenvalue weighted by atomic mass is 35.5. The SMILES string of the molecule is Cl.Cl.N=C(N)CCCN=NCCCC(=N)N. The lowest BCUT2D eigenvalue weighted by molar-refractivity contribution is 0.758. The maximum absolute atomic E-state index is 6.96. The molecule has 0 spiro atoms. The van der Waals surface area contributed by atoms with Crippen LogP contribution in [0.2, 0.25) is 0 Å². The summed E-state index contributed by atoms with van der Waals surface area (Å²) in [6.45, 7) is 1.22. The average molecular weight is 271 g/mol. The van der Waals surface area contributed by atoms with Crippen LogP contribution in [0, 0.1) is 10.8 Å². The maximum Gasteiger partial charge on any atom is 0.0906 e. The van der Waals surface area contributed by atoms with E-state index < -0.39 is 0 Å². The van der Waals surface area contributed by atoms with E-state index in [0.29, 0.717) is 25.9 Å². The molecule has 0 rings (SSSR count). The van der Waals surface area contributed by atoms with Gasteiger partial charge in [0, 0.05) is 12.8 Å². The van der Waals surface area contributed by atoms with Crippen LogP contribution in [0.4, 0.5) is 0 Å². The van der Waals surface area contributed by atoms with Gasteiger partial charge >= 0.3 is 0 Å². The second-order valence-corrected chi connectivity index (χ2v) is 2.99. The van der Waals surface area contributed by atoms with Crippen molar-refractivity contribution in [1.29, 1.82) is 10.8 Å². The Morgan fingerprint density at radius 3 is 1.38 bits per heavy atom. The van der Waals surface area contributed by atoms with Gasteiger partial charge in [-0.2, -0.15) is 10.2 Å². The Bertz CT molecular complexity index is 197. The highest BCUT2D eigenvalue weighted by molar-refractivity contribution is 5.85. The van der Waals surface area contributed by atoms with Crippen LogP contribution < -0.4 is 11.5 Å². The molecule has 8 heteroatoms. The molecule has 6 N–H and O–H groups in total. The van der Waals surface area contributed by atoms with Crippen molar-refractivity contribution in [2.24, 2.45) is 21.7 Å². The molecule has 0 aliphatic rings. The molecule has 0 unspecified atom stereocenters. The first kappa shape index (κ1) is 20.5. The Labute approximate surface area is 108 Å². The van der Waals surface area contributed by atoms with Crippen LogP contribution in [0.1, 0.15) is 25.7 Å². The number of amidine groups is 2. The molecule has 6 nitrogen and oxygen atoms in total. The Hall–Kier alpha value is -0.880. The summed E-state index contributed by atoms with van der Waals surface area (Å²) < 4.78 is 0. The molecule has 0 amide bonds. The highest BCUT2D eigenvalue weighted by Gasteiger charge is 1.90. The van der Waals surface area contributed by atoms with E-state index in [2.05, 4.69) is 10.2 Å². The van der Waals surface area contributed by atoms with Gasteiger partial charge in [0.25, 0.3) is 0 Å². The summed E-state index contributed by atoms with van der Waals surface area (Å²) in [4.78, 5) is 0. The zero-order chi connectivity index (χ0) is 10.8. The van der Waals surface area contributed by atoms with Gasteiger partial charge in [-0.05, 0) is 12.8 Å². The highest BCUT2D eigenvalue weighted by Crippen LogP contribution is 1.92.